The number of hydrogen-bond acceptors (Lipinski definition) is 5. The molecule has 6 nitrogen and oxygen atoms in total. The monoisotopic (exact) mass is 687 g/mol. The Kier molecular flexibility index (Phi) is 12.9. The minimum absolute atomic E-state index is 0.170. The molecule has 1 unspecified atom stereocenters. The van der Waals surface area contributed by atoms with Crippen LogP contribution >= 0.6 is 22.6 Å². The fourth-order valence-electron chi connectivity index (χ4n) is 5.99. The van der Waals surface area contributed by atoms with Crippen LogP contribution < -0.4 is 0 Å². The molecule has 2 fully saturated rings. The van der Waals surface area contributed by atoms with Crippen LogP contribution in [-0.4, -0.2) is 39.9 Å². The van der Waals surface area contributed by atoms with Crippen molar-refractivity contribution in [2.24, 2.45) is 0 Å². The second-order valence-corrected chi connectivity index (χ2v) is 12.5. The van der Waals surface area contributed by atoms with Gasteiger partial charge in [-0.1, -0.05) is 141 Å². The summed E-state index contributed by atoms with van der Waals surface area (Å²) in [6.07, 6.45) is 17.2. The van der Waals surface area contributed by atoms with Crippen molar-refractivity contribution in [3.05, 3.63) is 83.9 Å². The standard InChI is InChI=1S/C35H46INO5/c1-2-3-4-9-18-25-34(40-27-28-41-34)26-19-10-7-5-6-8-17-24-31(38)37-32(36)35(42-33(37)39,29-20-13-11-14-21-29)30-22-15-12-16-23-30/h8,11-17,20-23,32H,2-7,9-10,18-19,24-28H2,1H3/b17-8+. The van der Waals surface area contributed by atoms with Gasteiger partial charge in [0.05, 0.1) is 13.2 Å². The Hall–Kier alpha value is -2.23. The highest BCUT2D eigenvalue weighted by molar-refractivity contribution is 14.1. The first-order valence-corrected chi connectivity index (χ1v) is 17.0. The minimum Gasteiger partial charge on any atom is -0.429 e. The van der Waals surface area contributed by atoms with Crippen molar-refractivity contribution in [1.29, 1.82) is 0 Å². The van der Waals surface area contributed by atoms with E-state index in [-0.39, 0.29) is 18.1 Å². The number of alkyl halides is 1. The average Bonchev–Trinajstić information content (AvgIpc) is 3.59. The number of imide groups is 1. The topological polar surface area (TPSA) is 65.1 Å². The van der Waals surface area contributed by atoms with Crippen LogP contribution in [0, 0.1) is 0 Å². The van der Waals surface area contributed by atoms with Gasteiger partial charge in [-0.3, -0.25) is 4.79 Å². The molecule has 0 aromatic heterocycles. The molecule has 7 heteroatoms. The lowest BCUT2D eigenvalue weighted by Crippen LogP contribution is -2.42. The normalized spacial score (nSPS) is 19.4. The van der Waals surface area contributed by atoms with Crippen LogP contribution in [0.15, 0.2) is 72.8 Å². The summed E-state index contributed by atoms with van der Waals surface area (Å²) in [7, 11) is 0. The molecule has 0 radical (unpaired) electrons. The molecular formula is C35H46INO5. The van der Waals surface area contributed by atoms with Gasteiger partial charge >= 0.3 is 6.09 Å². The molecule has 2 saturated heterocycles. The number of benzene rings is 2. The van der Waals surface area contributed by atoms with Crippen molar-refractivity contribution in [1.82, 2.24) is 4.90 Å². The molecule has 2 aromatic carbocycles. The number of amides is 2. The summed E-state index contributed by atoms with van der Waals surface area (Å²) >= 11 is 2.18. The molecule has 0 bridgehead atoms. The third kappa shape index (κ3) is 8.23. The van der Waals surface area contributed by atoms with Gasteiger partial charge in [-0.2, -0.15) is 0 Å². The smallest absolute Gasteiger partial charge is 0.418 e. The largest absolute Gasteiger partial charge is 0.429 e. The van der Waals surface area contributed by atoms with Gasteiger partial charge in [0, 0.05) is 30.4 Å². The summed E-state index contributed by atoms with van der Waals surface area (Å²) in [4.78, 5) is 27.6. The fraction of sp³-hybridized carbons (Fsp3) is 0.543. The first-order chi connectivity index (χ1) is 20.5. The second-order valence-electron chi connectivity index (χ2n) is 11.3. The lowest BCUT2D eigenvalue weighted by molar-refractivity contribution is -0.168. The van der Waals surface area contributed by atoms with Gasteiger partial charge in [0.25, 0.3) is 0 Å². The van der Waals surface area contributed by atoms with Gasteiger partial charge in [0.15, 0.2) is 11.4 Å². The first kappa shape index (κ1) is 32.7. The molecule has 0 spiro atoms. The van der Waals surface area contributed by atoms with E-state index in [1.54, 1.807) is 0 Å². The van der Waals surface area contributed by atoms with E-state index >= 15 is 0 Å². The highest BCUT2D eigenvalue weighted by Crippen LogP contribution is 2.47. The molecular weight excluding hydrogens is 641 g/mol. The number of carbonyl (C=O) groups excluding carboxylic acids is 2. The zero-order valence-corrected chi connectivity index (χ0v) is 27.1. The van der Waals surface area contributed by atoms with E-state index in [1.165, 1.54) is 37.0 Å². The Bertz CT molecular complexity index is 1090. The molecule has 42 heavy (non-hydrogen) atoms. The Morgan fingerprint density at radius 2 is 1.38 bits per heavy atom. The maximum atomic E-state index is 13.2. The number of allylic oxidation sites excluding steroid dienone is 1. The summed E-state index contributed by atoms with van der Waals surface area (Å²) in [5, 5.41) is 0. The molecule has 0 N–H and O–H groups in total. The Morgan fingerprint density at radius 1 is 0.833 bits per heavy atom. The molecule has 4 rings (SSSR count). The number of cyclic esters (lactones) is 1. The molecule has 2 amide bonds. The lowest BCUT2D eigenvalue weighted by atomic mass is 9.86. The second kappa shape index (κ2) is 16.6. The number of halogens is 1. The average molecular weight is 688 g/mol. The van der Waals surface area contributed by atoms with E-state index in [0.29, 0.717) is 13.2 Å². The quantitative estimate of drug-likeness (QED) is 0.0546. The van der Waals surface area contributed by atoms with Crippen molar-refractivity contribution >= 4 is 34.6 Å². The molecule has 2 aliphatic heterocycles. The van der Waals surface area contributed by atoms with Crippen LogP contribution in [0.3, 0.4) is 0 Å². The van der Waals surface area contributed by atoms with Crippen molar-refractivity contribution in [2.75, 3.05) is 13.2 Å². The van der Waals surface area contributed by atoms with Crippen molar-refractivity contribution in [3.8, 4) is 0 Å². The van der Waals surface area contributed by atoms with E-state index in [1.807, 2.05) is 66.7 Å². The van der Waals surface area contributed by atoms with Crippen molar-refractivity contribution < 1.29 is 23.8 Å². The van der Waals surface area contributed by atoms with E-state index < -0.39 is 15.7 Å². The molecule has 1 atom stereocenters. The van der Waals surface area contributed by atoms with Crippen LogP contribution in [0.5, 0.6) is 0 Å². The van der Waals surface area contributed by atoms with Gasteiger partial charge in [0.1, 0.15) is 4.05 Å². The van der Waals surface area contributed by atoms with Crippen LogP contribution in [0.4, 0.5) is 4.79 Å². The summed E-state index contributed by atoms with van der Waals surface area (Å²) in [6, 6.07) is 19.3. The van der Waals surface area contributed by atoms with Crippen LogP contribution in [0.2, 0.25) is 0 Å². The number of hydrogen-bond donors (Lipinski definition) is 0. The van der Waals surface area contributed by atoms with Crippen LogP contribution in [0.25, 0.3) is 0 Å². The van der Waals surface area contributed by atoms with E-state index in [0.717, 1.165) is 56.1 Å². The Balaban J connectivity index is 1.20. The lowest BCUT2D eigenvalue weighted by Gasteiger charge is -2.32. The molecule has 0 saturated carbocycles. The third-order valence-electron chi connectivity index (χ3n) is 8.29. The maximum Gasteiger partial charge on any atom is 0.418 e. The molecule has 228 valence electrons. The number of carbonyl (C=O) groups is 2. The zero-order chi connectivity index (χ0) is 29.7. The van der Waals surface area contributed by atoms with Gasteiger partial charge in [-0.25, -0.2) is 9.69 Å². The summed E-state index contributed by atoms with van der Waals surface area (Å²) in [5.41, 5.74) is 0.638. The number of ether oxygens (including phenoxy) is 3. The van der Waals surface area contributed by atoms with Gasteiger partial charge in [-0.05, 0) is 25.7 Å². The molecule has 2 aliphatic rings. The van der Waals surface area contributed by atoms with E-state index in [4.69, 9.17) is 14.2 Å². The zero-order valence-electron chi connectivity index (χ0n) is 25.0. The predicted octanol–water partition coefficient (Wildman–Crippen LogP) is 9.06. The number of rotatable bonds is 17. The summed E-state index contributed by atoms with van der Waals surface area (Å²) in [5.74, 6) is -0.598. The van der Waals surface area contributed by atoms with Gasteiger partial charge in [-0.15, -0.1) is 0 Å². The summed E-state index contributed by atoms with van der Waals surface area (Å²) < 4.78 is 17.6. The maximum absolute atomic E-state index is 13.2. The van der Waals surface area contributed by atoms with Crippen LogP contribution in [0.1, 0.15) is 102 Å². The molecule has 0 aliphatic carbocycles. The number of unbranched alkanes of at least 4 members (excludes halogenated alkanes) is 8. The minimum atomic E-state index is -1.05. The highest BCUT2D eigenvalue weighted by atomic mass is 127. The first-order valence-electron chi connectivity index (χ1n) is 15.8. The van der Waals surface area contributed by atoms with Crippen LogP contribution in [-0.2, 0) is 24.6 Å². The molecule has 2 aromatic rings. The third-order valence-corrected chi connectivity index (χ3v) is 9.73. The predicted molar refractivity (Wildman–Crippen MR) is 174 cm³/mol. The summed E-state index contributed by atoms with van der Waals surface area (Å²) in [6.45, 7) is 3.67. The van der Waals surface area contributed by atoms with Crippen molar-refractivity contribution in [3.63, 3.8) is 0 Å². The Labute approximate surface area is 265 Å². The van der Waals surface area contributed by atoms with E-state index in [9.17, 15) is 9.59 Å². The molecule has 2 heterocycles. The highest BCUT2D eigenvalue weighted by Gasteiger charge is 2.57. The number of nitrogens with zero attached hydrogens (tertiary/aromatic N) is 1. The SMILES string of the molecule is CCCCCCCC1(CCCCCC/C=C/CC(=O)N2C(=O)OC(c3ccccc3)(c3ccccc3)C2I)OCCO1. The van der Waals surface area contributed by atoms with E-state index in [2.05, 4.69) is 35.6 Å². The van der Waals surface area contributed by atoms with Crippen molar-refractivity contribution in [2.45, 2.75) is 106 Å². The van der Waals surface area contributed by atoms with Gasteiger partial charge < -0.3 is 14.2 Å². The Morgan fingerprint density at radius 3 is 1.95 bits per heavy atom. The fourth-order valence-corrected chi connectivity index (χ4v) is 7.37. The van der Waals surface area contributed by atoms with Gasteiger partial charge in [0.2, 0.25) is 5.91 Å².